The number of allylic oxidation sites excluding steroid dienone is 2. The van der Waals surface area contributed by atoms with Gasteiger partial charge in [-0.05, 0) is 83.4 Å². The molecule has 1 amide bonds. The van der Waals surface area contributed by atoms with Crippen molar-refractivity contribution in [1.29, 1.82) is 0 Å². The van der Waals surface area contributed by atoms with E-state index in [-0.39, 0.29) is 11.1 Å². The van der Waals surface area contributed by atoms with Gasteiger partial charge in [0.05, 0.1) is 18.2 Å². The van der Waals surface area contributed by atoms with E-state index in [1.165, 1.54) is 48.6 Å². The van der Waals surface area contributed by atoms with Gasteiger partial charge < -0.3 is 15.1 Å². The fourth-order valence-corrected chi connectivity index (χ4v) is 8.82. The molecule has 1 N–H and O–H groups in total. The second-order valence-electron chi connectivity index (χ2n) is 12.2. The normalized spacial score (nSPS) is 34.0. The van der Waals surface area contributed by atoms with Gasteiger partial charge in [-0.1, -0.05) is 30.3 Å². The SMILES string of the molecule is CCN[C@@H](CCN1C2CCC1CC(N1CC3=C(CN(C(=O)C4CC=C4C)CC3)N=C1C)C2)C1CC=C(F)S1. The molecule has 0 aromatic rings. The number of nitrogens with zero attached hydrogens (tertiary/aromatic N) is 4. The molecule has 2 bridgehead atoms. The lowest BCUT2D eigenvalue weighted by Crippen LogP contribution is -2.54. The third-order valence-electron chi connectivity index (χ3n) is 10.0. The summed E-state index contributed by atoms with van der Waals surface area (Å²) in [6, 6.07) is 2.22. The summed E-state index contributed by atoms with van der Waals surface area (Å²) in [4.78, 5) is 25.5. The summed E-state index contributed by atoms with van der Waals surface area (Å²) in [5.41, 5.74) is 3.81. The van der Waals surface area contributed by atoms with Crippen molar-refractivity contribution in [3.05, 3.63) is 34.2 Å². The molecule has 0 radical (unpaired) electrons. The molecule has 38 heavy (non-hydrogen) atoms. The van der Waals surface area contributed by atoms with Gasteiger partial charge in [0.1, 0.15) is 5.84 Å². The van der Waals surface area contributed by atoms with Crippen LogP contribution in [0, 0.1) is 5.92 Å². The van der Waals surface area contributed by atoms with Crippen molar-refractivity contribution in [2.45, 2.75) is 102 Å². The molecular formula is C30H44FN5OS. The smallest absolute Gasteiger partial charge is 0.230 e. The maximum Gasteiger partial charge on any atom is 0.230 e. The van der Waals surface area contributed by atoms with Gasteiger partial charge in [-0.15, -0.1) is 0 Å². The molecule has 2 fully saturated rings. The number of rotatable bonds is 8. The van der Waals surface area contributed by atoms with E-state index in [0.717, 1.165) is 63.4 Å². The van der Waals surface area contributed by atoms with E-state index < -0.39 is 0 Å². The Labute approximate surface area is 231 Å². The van der Waals surface area contributed by atoms with Crippen molar-refractivity contribution in [3.63, 3.8) is 0 Å². The lowest BCUT2D eigenvalue weighted by molar-refractivity contribution is -0.134. The van der Waals surface area contributed by atoms with Crippen molar-refractivity contribution in [3.8, 4) is 0 Å². The lowest BCUT2D eigenvalue weighted by atomic mass is 9.84. The van der Waals surface area contributed by atoms with Crippen LogP contribution in [0.2, 0.25) is 0 Å². The number of carbonyl (C=O) groups is 1. The van der Waals surface area contributed by atoms with Gasteiger partial charge >= 0.3 is 0 Å². The molecule has 5 heterocycles. The van der Waals surface area contributed by atoms with Crippen LogP contribution < -0.4 is 5.32 Å². The van der Waals surface area contributed by atoms with Crippen LogP contribution in [0.25, 0.3) is 0 Å². The Kier molecular flexibility index (Phi) is 7.75. The molecule has 5 atom stereocenters. The zero-order chi connectivity index (χ0) is 26.4. The Bertz CT molecular complexity index is 1050. The molecule has 0 spiro atoms. The highest BCUT2D eigenvalue weighted by Crippen LogP contribution is 2.41. The average Bonchev–Trinajstić information content (AvgIpc) is 3.43. The van der Waals surface area contributed by atoms with Gasteiger partial charge in [0, 0.05) is 49.1 Å². The highest BCUT2D eigenvalue weighted by molar-refractivity contribution is 8.03. The van der Waals surface area contributed by atoms with E-state index in [1.807, 2.05) is 4.90 Å². The molecule has 4 unspecified atom stereocenters. The monoisotopic (exact) mass is 541 g/mol. The second kappa shape index (κ2) is 11.1. The van der Waals surface area contributed by atoms with E-state index in [9.17, 15) is 9.18 Å². The van der Waals surface area contributed by atoms with Gasteiger partial charge in [0.15, 0.2) is 5.16 Å². The van der Waals surface area contributed by atoms with Crippen LogP contribution in [0.15, 0.2) is 39.1 Å². The van der Waals surface area contributed by atoms with E-state index in [4.69, 9.17) is 4.99 Å². The number of piperidine rings is 1. The van der Waals surface area contributed by atoms with Gasteiger partial charge in [0.2, 0.25) is 5.91 Å². The van der Waals surface area contributed by atoms with E-state index in [0.29, 0.717) is 41.9 Å². The minimum absolute atomic E-state index is 0.00138. The Morgan fingerprint density at radius 3 is 2.58 bits per heavy atom. The first kappa shape index (κ1) is 26.6. The maximum atomic E-state index is 13.7. The standard InChI is InChI=1S/C30H44FN5OS/c1-4-32-26(28-9-10-29(31)38-28)12-14-35-22-6-7-23(35)16-24(15-22)36-17-21-11-13-34(18-27(21)33-20(36)3)30(37)25-8-5-19(25)2/h5,10,22-26,28,32H,4,6-9,11-18H2,1-3H3/t22?,23?,24?,25?,26-,28?/m0/s1. The van der Waals surface area contributed by atoms with Crippen LogP contribution in [0.4, 0.5) is 4.39 Å². The number of hydrogen-bond donors (Lipinski definition) is 1. The predicted molar refractivity (Wildman–Crippen MR) is 154 cm³/mol. The number of amidine groups is 1. The van der Waals surface area contributed by atoms with Crippen molar-refractivity contribution < 1.29 is 9.18 Å². The first-order valence-electron chi connectivity index (χ1n) is 14.9. The van der Waals surface area contributed by atoms with Crippen LogP contribution in [0.3, 0.4) is 0 Å². The number of hydrogen-bond acceptors (Lipinski definition) is 6. The van der Waals surface area contributed by atoms with Crippen LogP contribution in [-0.2, 0) is 4.79 Å². The van der Waals surface area contributed by atoms with E-state index in [2.05, 4.69) is 42.0 Å². The molecule has 208 valence electrons. The Balaban J connectivity index is 1.05. The van der Waals surface area contributed by atoms with Crippen LogP contribution in [0.1, 0.15) is 72.1 Å². The molecule has 8 heteroatoms. The topological polar surface area (TPSA) is 51.2 Å². The van der Waals surface area contributed by atoms with Gasteiger partial charge in [-0.3, -0.25) is 9.69 Å². The summed E-state index contributed by atoms with van der Waals surface area (Å²) in [7, 11) is 0. The van der Waals surface area contributed by atoms with Crippen molar-refractivity contribution in [2.75, 3.05) is 32.7 Å². The van der Waals surface area contributed by atoms with Crippen LogP contribution in [0.5, 0.6) is 0 Å². The summed E-state index contributed by atoms with van der Waals surface area (Å²) in [5.74, 6) is 1.53. The first-order valence-corrected chi connectivity index (χ1v) is 15.8. The average molecular weight is 542 g/mol. The highest BCUT2D eigenvalue weighted by atomic mass is 32.2. The molecule has 2 saturated heterocycles. The van der Waals surface area contributed by atoms with Gasteiger partial charge in [-0.25, -0.2) is 4.99 Å². The third kappa shape index (κ3) is 5.13. The number of fused-ring (bicyclic) bond motifs is 2. The third-order valence-corrected chi connectivity index (χ3v) is 11.2. The fourth-order valence-electron chi connectivity index (χ4n) is 7.75. The Hall–Kier alpha value is -1.64. The van der Waals surface area contributed by atoms with E-state index >= 15 is 0 Å². The lowest BCUT2D eigenvalue weighted by Gasteiger charge is -2.46. The molecule has 6 rings (SSSR count). The number of amides is 1. The number of thioether (sulfide) groups is 1. The maximum absolute atomic E-state index is 13.7. The van der Waals surface area contributed by atoms with Crippen LogP contribution >= 0.6 is 11.8 Å². The second-order valence-corrected chi connectivity index (χ2v) is 13.4. The molecule has 0 aromatic heterocycles. The molecule has 5 aliphatic heterocycles. The Morgan fingerprint density at radius 2 is 1.95 bits per heavy atom. The van der Waals surface area contributed by atoms with Crippen molar-refractivity contribution in [2.24, 2.45) is 10.9 Å². The minimum atomic E-state index is -0.00138. The summed E-state index contributed by atoms with van der Waals surface area (Å²) >= 11 is 1.42. The molecule has 1 aliphatic carbocycles. The highest BCUT2D eigenvalue weighted by Gasteiger charge is 2.44. The summed E-state index contributed by atoms with van der Waals surface area (Å²) < 4.78 is 13.7. The summed E-state index contributed by atoms with van der Waals surface area (Å²) in [5, 5.41) is 3.98. The van der Waals surface area contributed by atoms with Gasteiger partial charge in [-0.2, -0.15) is 4.39 Å². The van der Waals surface area contributed by atoms with E-state index in [1.54, 1.807) is 6.08 Å². The zero-order valence-electron chi connectivity index (χ0n) is 23.3. The predicted octanol–water partition coefficient (Wildman–Crippen LogP) is 4.85. The summed E-state index contributed by atoms with van der Waals surface area (Å²) in [6.45, 7) is 11.0. The quantitative estimate of drug-likeness (QED) is 0.445. The molecule has 6 nitrogen and oxygen atoms in total. The number of aliphatic imine (C=N–C) groups is 1. The summed E-state index contributed by atoms with van der Waals surface area (Å²) in [6.07, 6.45) is 12.7. The largest absolute Gasteiger partial charge is 0.353 e. The number of nitrogens with one attached hydrogen (secondary N) is 1. The first-order chi connectivity index (χ1) is 18.4. The fraction of sp³-hybridized carbons (Fsp3) is 0.733. The molecule has 0 saturated carbocycles. The molecule has 0 aromatic carbocycles. The van der Waals surface area contributed by atoms with Crippen molar-refractivity contribution in [1.82, 2.24) is 20.0 Å². The van der Waals surface area contributed by atoms with Gasteiger partial charge in [0.25, 0.3) is 0 Å². The van der Waals surface area contributed by atoms with Crippen LogP contribution in [-0.4, -0.2) is 88.6 Å². The number of carbonyl (C=O) groups excluding carboxylic acids is 1. The Morgan fingerprint density at radius 1 is 1.16 bits per heavy atom. The zero-order valence-corrected chi connectivity index (χ0v) is 24.1. The molecule has 6 aliphatic rings. The van der Waals surface area contributed by atoms with Crippen molar-refractivity contribution >= 4 is 23.5 Å². The molecular weight excluding hydrogens is 497 g/mol. The number of halogens is 1. The minimum Gasteiger partial charge on any atom is -0.353 e.